The summed E-state index contributed by atoms with van der Waals surface area (Å²) in [5.41, 5.74) is 10.9. The van der Waals surface area contributed by atoms with Crippen LogP contribution in [0.1, 0.15) is 42.1 Å². The van der Waals surface area contributed by atoms with Gasteiger partial charge in [0, 0.05) is 131 Å². The first-order chi connectivity index (χ1) is 17.1. The molecule has 0 N–H and O–H groups in total. The second-order valence-corrected chi connectivity index (χ2v) is 10.9. The molecule has 2 aliphatic carbocycles. The van der Waals surface area contributed by atoms with Crippen LogP contribution in [0.4, 0.5) is 11.4 Å². The third-order valence-electron chi connectivity index (χ3n) is 8.49. The van der Waals surface area contributed by atoms with E-state index in [0.29, 0.717) is 0 Å². The van der Waals surface area contributed by atoms with Crippen LogP contribution in [-0.2, 0) is 91.1 Å². The number of aryl methyl sites for hydroxylation is 2. The molecule has 0 aromatic heterocycles. The van der Waals surface area contributed by atoms with E-state index in [1.807, 2.05) is 0 Å². The molecule has 0 spiro atoms. The van der Waals surface area contributed by atoms with Gasteiger partial charge in [0.2, 0.25) is 0 Å². The molecule has 4 aliphatic rings. The van der Waals surface area contributed by atoms with Gasteiger partial charge in [-0.25, -0.2) is 0 Å². The first-order valence-electron chi connectivity index (χ1n) is 13.8. The van der Waals surface area contributed by atoms with Gasteiger partial charge in [-0.05, 0) is 49.8 Å². The van der Waals surface area contributed by atoms with E-state index in [1.165, 1.54) is 101 Å². The molecule has 0 bridgehead atoms. The largest absolute Gasteiger partial charge is 0.369 e. The van der Waals surface area contributed by atoms with Crippen molar-refractivity contribution in [1.29, 1.82) is 0 Å². The van der Waals surface area contributed by atoms with E-state index in [2.05, 4.69) is 83.8 Å². The minimum atomic E-state index is 0. The molecule has 2 radical (unpaired) electrons. The molecule has 214 valence electrons. The molecule has 6 heteroatoms. The molecule has 6 rings (SSSR count). The molecule has 0 atom stereocenters. The topological polar surface area (TPSA) is 13.0 Å². The van der Waals surface area contributed by atoms with E-state index in [4.69, 9.17) is 0 Å². The fourth-order valence-corrected chi connectivity index (χ4v) is 6.15. The van der Waals surface area contributed by atoms with Crippen molar-refractivity contribution < 1.29 is 66.8 Å². The number of likely N-dealkylation sites (N-methyl/N-ethyl adjacent to an activating group) is 2. The van der Waals surface area contributed by atoms with E-state index in [0.717, 1.165) is 6.42 Å². The van der Waals surface area contributed by atoms with Crippen molar-refractivity contribution in [3.8, 4) is 0 Å². The minimum absolute atomic E-state index is 0. The fraction of sp³-hybridized carbons (Fsp3) is 0.515. The molecule has 2 aromatic rings. The number of fused-ring (bicyclic) bond motifs is 2. The molecule has 2 aliphatic heterocycles. The first-order valence-corrected chi connectivity index (χ1v) is 13.8. The van der Waals surface area contributed by atoms with Crippen molar-refractivity contribution in [2.45, 2.75) is 45.4 Å². The maximum absolute atomic E-state index is 2.58. The summed E-state index contributed by atoms with van der Waals surface area (Å²) < 4.78 is 0. The number of hydrogen-bond acceptors (Lipinski definition) is 4. The summed E-state index contributed by atoms with van der Waals surface area (Å²) in [5, 5.41) is 0. The van der Waals surface area contributed by atoms with E-state index in [-0.39, 0.29) is 81.7 Å². The van der Waals surface area contributed by atoms with Gasteiger partial charge in [-0.15, -0.1) is 0 Å². The molecule has 2 fully saturated rings. The van der Waals surface area contributed by atoms with E-state index in [9.17, 15) is 0 Å². The summed E-state index contributed by atoms with van der Waals surface area (Å²) in [5.74, 6) is 0. The Morgan fingerprint density at radius 3 is 1.72 bits per heavy atom. The molecule has 0 amide bonds. The molecular formula is C33H52N4Y2-4. The summed E-state index contributed by atoms with van der Waals surface area (Å²) in [6.45, 7) is 11.7. The van der Waals surface area contributed by atoms with Gasteiger partial charge in [0.1, 0.15) is 0 Å². The molecule has 39 heavy (non-hydrogen) atoms. The van der Waals surface area contributed by atoms with Crippen LogP contribution >= 0.6 is 0 Å². The summed E-state index contributed by atoms with van der Waals surface area (Å²) in [6, 6.07) is 11.5. The van der Waals surface area contributed by atoms with Crippen molar-refractivity contribution in [3.63, 3.8) is 0 Å². The molecule has 0 saturated carbocycles. The summed E-state index contributed by atoms with van der Waals surface area (Å²) in [6.07, 6.45) is 12.2. The zero-order chi connectivity index (χ0) is 24.2. The Morgan fingerprint density at radius 1 is 0.615 bits per heavy atom. The van der Waals surface area contributed by atoms with Crippen LogP contribution < -0.4 is 9.80 Å². The van der Waals surface area contributed by atoms with Crippen LogP contribution in [0.3, 0.4) is 0 Å². The van der Waals surface area contributed by atoms with E-state index < -0.39 is 0 Å². The zero-order valence-electron chi connectivity index (χ0n) is 25.4. The fourth-order valence-electron chi connectivity index (χ4n) is 6.15. The third kappa shape index (κ3) is 9.33. The third-order valence-corrected chi connectivity index (χ3v) is 8.49. The Labute approximate surface area is 292 Å². The molecule has 0 unspecified atom stereocenters. The first kappa shape index (κ1) is 37.2. The predicted molar refractivity (Wildman–Crippen MR) is 165 cm³/mol. The maximum atomic E-state index is 2.58. The Hall–Kier alpha value is 0.168. The van der Waals surface area contributed by atoms with Crippen LogP contribution in [-0.4, -0.2) is 76.3 Å². The number of benzene rings is 2. The molecule has 2 saturated heterocycles. The van der Waals surface area contributed by atoms with Crippen LogP contribution in [0.15, 0.2) is 30.3 Å². The van der Waals surface area contributed by atoms with E-state index >= 15 is 0 Å². The van der Waals surface area contributed by atoms with Crippen LogP contribution in [0.5, 0.6) is 0 Å². The zero-order valence-corrected chi connectivity index (χ0v) is 31.1. The average molecular weight is 684 g/mol. The number of nitrogens with zero attached hydrogens (tertiary/aromatic N) is 4. The summed E-state index contributed by atoms with van der Waals surface area (Å²) >= 11 is 0. The van der Waals surface area contributed by atoms with Crippen molar-refractivity contribution in [2.24, 2.45) is 0 Å². The van der Waals surface area contributed by atoms with Crippen molar-refractivity contribution in [2.75, 3.05) is 76.3 Å². The van der Waals surface area contributed by atoms with Gasteiger partial charge in [-0.3, -0.25) is 0 Å². The smallest absolute Gasteiger partial charge is 0.0376 e. The number of anilines is 2. The van der Waals surface area contributed by atoms with Crippen molar-refractivity contribution in [1.82, 2.24) is 9.80 Å². The van der Waals surface area contributed by atoms with Crippen molar-refractivity contribution >= 4 is 11.4 Å². The molecule has 2 aromatic carbocycles. The van der Waals surface area contributed by atoms with E-state index in [1.54, 1.807) is 22.3 Å². The number of hydrogen-bond donors (Lipinski definition) is 0. The van der Waals surface area contributed by atoms with Gasteiger partial charge in [0.25, 0.3) is 0 Å². The van der Waals surface area contributed by atoms with Gasteiger partial charge in [-0.1, -0.05) is 42.2 Å². The number of piperazine rings is 2. The van der Waals surface area contributed by atoms with Gasteiger partial charge in [0.05, 0.1) is 0 Å². The molecule has 2 heterocycles. The second kappa shape index (κ2) is 18.0. The SMILES string of the molecule is CN1CCN(c2cccc3c2C[CH-]CC3)CC1.Cc1ccc(N2CCN(C)CC2)c2c1CC[CH-]C2.[2HH].[CH3-].[CH3-].[Y].[Y]. The van der Waals surface area contributed by atoms with Crippen LogP contribution in [0.25, 0.3) is 0 Å². The average Bonchev–Trinajstić information content (AvgIpc) is 2.90. The Morgan fingerprint density at radius 2 is 1.13 bits per heavy atom. The van der Waals surface area contributed by atoms with Gasteiger partial charge < -0.3 is 47.3 Å². The summed E-state index contributed by atoms with van der Waals surface area (Å²) in [7, 11) is 4.43. The van der Waals surface area contributed by atoms with Gasteiger partial charge >= 0.3 is 0 Å². The Balaban J connectivity index is 0.000000677. The predicted octanol–water partition coefficient (Wildman–Crippen LogP) is 5.71. The minimum Gasteiger partial charge on any atom is -0.369 e. The summed E-state index contributed by atoms with van der Waals surface area (Å²) in [4.78, 5) is 9.98. The van der Waals surface area contributed by atoms with Gasteiger partial charge in [-0.2, -0.15) is 25.7 Å². The molecular weight excluding hydrogens is 630 g/mol. The van der Waals surface area contributed by atoms with Crippen molar-refractivity contribution in [3.05, 3.63) is 85.8 Å². The number of rotatable bonds is 2. The van der Waals surface area contributed by atoms with Crippen LogP contribution in [0.2, 0.25) is 0 Å². The molecule has 4 nitrogen and oxygen atoms in total. The monoisotopic (exact) mass is 683 g/mol. The Bertz CT molecular complexity index is 1000. The normalized spacial score (nSPS) is 18.9. The maximum Gasteiger partial charge on any atom is 0.0376 e. The Kier molecular flexibility index (Phi) is 17.1. The quantitative estimate of drug-likeness (QED) is 0.376. The van der Waals surface area contributed by atoms with Crippen LogP contribution in [0, 0.1) is 34.6 Å². The second-order valence-electron chi connectivity index (χ2n) is 10.9. The standard InChI is InChI=1S/C16H23N2.C15H21N2.2CH3.2Y.H2/c1-13-7-8-16(15-6-4-3-5-14(13)15)18-11-9-17(2)10-12-18;1-16-9-11-17(12-10-16)15-8-4-6-13-5-2-3-7-14(13)15;;;;;/h4,7-8H,3,5-6,9-12H2,1-2H3;3-4,6,8H,2,5,7,9-12H2,1H3;2*1H3;;;1H/q4*-1;;;/i;;;;;;1+1. The van der Waals surface area contributed by atoms with Gasteiger partial charge in [0.15, 0.2) is 0 Å².